The van der Waals surface area contributed by atoms with E-state index in [1.807, 2.05) is 11.0 Å². The van der Waals surface area contributed by atoms with Crippen LogP contribution in [-0.2, 0) is 11.3 Å². The third-order valence-corrected chi connectivity index (χ3v) is 3.37. The molecule has 0 radical (unpaired) electrons. The van der Waals surface area contributed by atoms with Crippen LogP contribution in [0.1, 0.15) is 5.56 Å². The molecule has 0 unspecified atom stereocenters. The van der Waals surface area contributed by atoms with Crippen molar-refractivity contribution in [2.75, 3.05) is 6.54 Å². The highest BCUT2D eigenvalue weighted by Crippen LogP contribution is 2.26. The van der Waals surface area contributed by atoms with Gasteiger partial charge < -0.3 is 10.6 Å². The number of benzene rings is 1. The van der Waals surface area contributed by atoms with Gasteiger partial charge in [0.15, 0.2) is 0 Å². The van der Waals surface area contributed by atoms with E-state index in [-0.39, 0.29) is 0 Å². The summed E-state index contributed by atoms with van der Waals surface area (Å²) in [6.07, 6.45) is 5.32. The minimum atomic E-state index is -0.443. The molecule has 0 atom stereocenters. The van der Waals surface area contributed by atoms with Gasteiger partial charge in [-0.2, -0.15) is 0 Å². The lowest BCUT2D eigenvalue weighted by Crippen LogP contribution is -2.24. The summed E-state index contributed by atoms with van der Waals surface area (Å²) >= 11 is 12.2. The first-order chi connectivity index (χ1) is 8.58. The predicted molar refractivity (Wildman–Crippen MR) is 73.3 cm³/mol. The average Bonchev–Trinajstić information content (AvgIpc) is 2.34. The zero-order chi connectivity index (χ0) is 13.1. The largest absolute Gasteiger partial charge is 0.369 e. The first-order valence-electron chi connectivity index (χ1n) is 5.43. The Balaban J connectivity index is 2.20. The molecular weight excluding hydrogens is 271 g/mol. The lowest BCUT2D eigenvalue weighted by molar-refractivity contribution is -0.114. The van der Waals surface area contributed by atoms with Crippen LogP contribution < -0.4 is 5.73 Å². The number of hydrogen-bond donors (Lipinski definition) is 1. The van der Waals surface area contributed by atoms with Crippen LogP contribution in [0.15, 0.2) is 42.1 Å². The molecule has 94 valence electrons. The lowest BCUT2D eigenvalue weighted by Gasteiger charge is -2.23. The molecule has 1 aromatic carbocycles. The van der Waals surface area contributed by atoms with E-state index in [0.29, 0.717) is 28.7 Å². The Morgan fingerprint density at radius 3 is 2.61 bits per heavy atom. The Morgan fingerprint density at radius 2 is 2.00 bits per heavy atom. The number of carbonyl (C=O) groups excluding carboxylic acids is 1. The van der Waals surface area contributed by atoms with Crippen molar-refractivity contribution in [2.24, 2.45) is 5.73 Å². The first-order valence-corrected chi connectivity index (χ1v) is 6.18. The Labute approximate surface area is 115 Å². The molecule has 0 spiro atoms. The van der Waals surface area contributed by atoms with Crippen LogP contribution in [0.4, 0.5) is 0 Å². The quantitative estimate of drug-likeness (QED) is 0.927. The van der Waals surface area contributed by atoms with E-state index in [1.54, 1.807) is 30.5 Å². The maximum Gasteiger partial charge on any atom is 0.250 e. The van der Waals surface area contributed by atoms with Gasteiger partial charge in [0.05, 0.1) is 5.57 Å². The van der Waals surface area contributed by atoms with Crippen molar-refractivity contribution in [1.29, 1.82) is 0 Å². The van der Waals surface area contributed by atoms with Crippen molar-refractivity contribution >= 4 is 29.1 Å². The standard InChI is InChI=1S/C13H12Cl2N2O/c14-11-4-1-5-12(15)10(11)8-17-6-2-3-9(7-17)13(16)18/h1-5,7H,6,8H2,(H2,16,18). The molecule has 1 aliphatic rings. The molecule has 0 saturated heterocycles. The smallest absolute Gasteiger partial charge is 0.250 e. The summed E-state index contributed by atoms with van der Waals surface area (Å²) in [6, 6.07) is 5.39. The zero-order valence-corrected chi connectivity index (χ0v) is 11.1. The van der Waals surface area contributed by atoms with Gasteiger partial charge in [-0.15, -0.1) is 0 Å². The minimum Gasteiger partial charge on any atom is -0.369 e. The van der Waals surface area contributed by atoms with Crippen LogP contribution in [0.2, 0.25) is 10.0 Å². The predicted octanol–water partition coefficient (Wildman–Crippen LogP) is 2.73. The molecule has 1 amide bonds. The van der Waals surface area contributed by atoms with Crippen molar-refractivity contribution in [2.45, 2.75) is 6.54 Å². The van der Waals surface area contributed by atoms with Gasteiger partial charge in [-0.1, -0.05) is 41.4 Å². The fraction of sp³-hybridized carbons (Fsp3) is 0.154. The van der Waals surface area contributed by atoms with Gasteiger partial charge in [0.25, 0.3) is 0 Å². The third kappa shape index (κ3) is 2.86. The molecule has 0 aliphatic carbocycles. The molecule has 2 rings (SSSR count). The third-order valence-electron chi connectivity index (χ3n) is 2.67. The Kier molecular flexibility index (Phi) is 3.94. The molecule has 0 fully saturated rings. The summed E-state index contributed by atoms with van der Waals surface area (Å²) in [6.45, 7) is 1.23. The minimum absolute atomic E-state index is 0.443. The van der Waals surface area contributed by atoms with Gasteiger partial charge in [-0.05, 0) is 12.1 Å². The van der Waals surface area contributed by atoms with Crippen LogP contribution in [-0.4, -0.2) is 17.4 Å². The van der Waals surface area contributed by atoms with E-state index in [1.165, 1.54) is 0 Å². The molecule has 18 heavy (non-hydrogen) atoms. The van der Waals surface area contributed by atoms with E-state index in [4.69, 9.17) is 28.9 Å². The number of halogens is 2. The topological polar surface area (TPSA) is 46.3 Å². The highest BCUT2D eigenvalue weighted by molar-refractivity contribution is 6.35. The van der Waals surface area contributed by atoms with Crippen LogP contribution in [0.5, 0.6) is 0 Å². The van der Waals surface area contributed by atoms with E-state index >= 15 is 0 Å². The molecule has 1 aromatic rings. The van der Waals surface area contributed by atoms with Gasteiger partial charge >= 0.3 is 0 Å². The Bertz CT molecular complexity index is 518. The monoisotopic (exact) mass is 282 g/mol. The molecule has 3 nitrogen and oxygen atoms in total. The highest BCUT2D eigenvalue weighted by atomic mass is 35.5. The van der Waals surface area contributed by atoms with E-state index < -0.39 is 5.91 Å². The molecule has 2 N–H and O–H groups in total. The second kappa shape index (κ2) is 5.46. The summed E-state index contributed by atoms with van der Waals surface area (Å²) in [4.78, 5) is 13.0. The van der Waals surface area contributed by atoms with Crippen molar-refractivity contribution in [3.05, 3.63) is 57.7 Å². The van der Waals surface area contributed by atoms with Crippen LogP contribution in [0.25, 0.3) is 0 Å². The summed E-state index contributed by atoms with van der Waals surface area (Å²) in [7, 11) is 0. The number of carbonyl (C=O) groups is 1. The molecule has 0 bridgehead atoms. The summed E-state index contributed by atoms with van der Waals surface area (Å²) in [5.41, 5.74) is 6.57. The van der Waals surface area contributed by atoms with Crippen LogP contribution >= 0.6 is 23.2 Å². The summed E-state index contributed by atoms with van der Waals surface area (Å²) < 4.78 is 0. The Morgan fingerprint density at radius 1 is 1.33 bits per heavy atom. The van der Waals surface area contributed by atoms with Crippen molar-refractivity contribution in [3.63, 3.8) is 0 Å². The SMILES string of the molecule is NC(=O)C1=CN(Cc2c(Cl)cccc2Cl)CC=C1. The van der Waals surface area contributed by atoms with Gasteiger partial charge in [-0.25, -0.2) is 0 Å². The number of hydrogen-bond acceptors (Lipinski definition) is 2. The fourth-order valence-electron chi connectivity index (χ4n) is 1.75. The molecule has 1 aliphatic heterocycles. The van der Waals surface area contributed by atoms with Crippen molar-refractivity contribution in [1.82, 2.24) is 4.90 Å². The number of primary amides is 1. The van der Waals surface area contributed by atoms with E-state index in [9.17, 15) is 4.79 Å². The highest BCUT2D eigenvalue weighted by Gasteiger charge is 2.13. The maximum absolute atomic E-state index is 11.1. The van der Waals surface area contributed by atoms with Crippen molar-refractivity contribution < 1.29 is 4.79 Å². The average molecular weight is 283 g/mol. The maximum atomic E-state index is 11.1. The van der Waals surface area contributed by atoms with E-state index in [2.05, 4.69) is 0 Å². The Hall–Kier alpha value is -1.45. The van der Waals surface area contributed by atoms with E-state index in [0.717, 1.165) is 5.56 Å². The number of rotatable bonds is 3. The fourth-order valence-corrected chi connectivity index (χ4v) is 2.27. The normalized spacial score (nSPS) is 14.6. The lowest BCUT2D eigenvalue weighted by atomic mass is 10.1. The van der Waals surface area contributed by atoms with Crippen molar-refractivity contribution in [3.8, 4) is 0 Å². The second-order valence-electron chi connectivity index (χ2n) is 3.98. The molecule has 1 heterocycles. The number of nitrogens with two attached hydrogens (primary N) is 1. The van der Waals surface area contributed by atoms with Gasteiger partial charge in [0.2, 0.25) is 5.91 Å². The van der Waals surface area contributed by atoms with Crippen LogP contribution in [0, 0.1) is 0 Å². The second-order valence-corrected chi connectivity index (χ2v) is 4.80. The van der Waals surface area contributed by atoms with Gasteiger partial charge in [-0.3, -0.25) is 4.79 Å². The molecule has 0 aromatic heterocycles. The number of nitrogens with zero attached hydrogens (tertiary/aromatic N) is 1. The molecular formula is C13H12Cl2N2O. The van der Waals surface area contributed by atoms with Gasteiger partial charge in [0, 0.05) is 34.9 Å². The van der Waals surface area contributed by atoms with Crippen LogP contribution in [0.3, 0.4) is 0 Å². The number of amides is 1. The zero-order valence-electron chi connectivity index (χ0n) is 9.57. The first kappa shape index (κ1) is 13.0. The summed E-state index contributed by atoms with van der Waals surface area (Å²) in [5.74, 6) is -0.443. The molecule has 0 saturated carbocycles. The van der Waals surface area contributed by atoms with Gasteiger partial charge in [0.1, 0.15) is 0 Å². The molecule has 5 heteroatoms. The summed E-state index contributed by atoms with van der Waals surface area (Å²) in [5, 5.41) is 1.23.